The van der Waals surface area contributed by atoms with Crippen molar-refractivity contribution >= 4 is 0 Å². The topological polar surface area (TPSA) is 27.7 Å². The molecule has 4 rings (SSSR count). The van der Waals surface area contributed by atoms with Crippen LogP contribution in [0.2, 0.25) is 0 Å². The fraction of sp³-hybridized carbons (Fsp3) is 0.556. The van der Waals surface area contributed by atoms with E-state index in [9.17, 15) is 0 Å². The Morgan fingerprint density at radius 2 is 1.48 bits per heavy atom. The van der Waals surface area contributed by atoms with E-state index in [1.54, 1.807) is 0 Å². The van der Waals surface area contributed by atoms with Crippen LogP contribution in [0, 0.1) is 22.7 Å². The van der Waals surface area contributed by atoms with Crippen molar-refractivity contribution in [1.82, 2.24) is 0 Å². The number of fused-ring (bicyclic) bond motifs is 3. The molecule has 3 saturated heterocycles. The number of benzene rings is 1. The van der Waals surface area contributed by atoms with E-state index in [2.05, 4.69) is 32.6 Å². The van der Waals surface area contributed by atoms with Crippen molar-refractivity contribution in [1.29, 1.82) is 0 Å². The smallest absolute Gasteiger partial charge is 0.312 e. The highest BCUT2D eigenvalue weighted by molar-refractivity contribution is 5.36. The standard InChI is InChI=1S/C18H22O3/c1-5-6-14-7-9-15(10-8-14)18-19-11-17(12-20-18,13-21-18)16(2,3)4/h7-10H,11-13H2,1-4H3. The average Bonchev–Trinajstić information content (AvgIpc) is 2.49. The van der Waals surface area contributed by atoms with Gasteiger partial charge in [0, 0.05) is 16.5 Å². The van der Waals surface area contributed by atoms with Crippen LogP contribution in [0.3, 0.4) is 0 Å². The summed E-state index contributed by atoms with van der Waals surface area (Å²) in [6, 6.07) is 7.87. The van der Waals surface area contributed by atoms with E-state index in [-0.39, 0.29) is 10.8 Å². The van der Waals surface area contributed by atoms with Crippen LogP contribution < -0.4 is 0 Å². The van der Waals surface area contributed by atoms with E-state index in [1.807, 2.05) is 31.2 Å². The highest BCUT2D eigenvalue weighted by Crippen LogP contribution is 2.51. The van der Waals surface area contributed by atoms with E-state index < -0.39 is 5.97 Å². The predicted molar refractivity (Wildman–Crippen MR) is 80.4 cm³/mol. The molecular formula is C18H22O3. The van der Waals surface area contributed by atoms with Gasteiger partial charge >= 0.3 is 5.97 Å². The molecule has 1 aromatic carbocycles. The molecular weight excluding hydrogens is 264 g/mol. The minimum atomic E-state index is -1.04. The lowest BCUT2D eigenvalue weighted by atomic mass is 9.67. The molecule has 0 saturated carbocycles. The number of hydrogen-bond acceptors (Lipinski definition) is 3. The molecule has 0 N–H and O–H groups in total. The normalized spacial score (nSPS) is 31.6. The third-order valence-corrected chi connectivity index (χ3v) is 4.71. The van der Waals surface area contributed by atoms with Crippen molar-refractivity contribution in [2.75, 3.05) is 19.8 Å². The van der Waals surface area contributed by atoms with Gasteiger partial charge in [-0.15, -0.1) is 5.92 Å². The van der Waals surface area contributed by atoms with Gasteiger partial charge in [-0.05, 0) is 36.6 Å². The van der Waals surface area contributed by atoms with Crippen LogP contribution in [0.25, 0.3) is 0 Å². The Morgan fingerprint density at radius 1 is 0.952 bits per heavy atom. The van der Waals surface area contributed by atoms with Gasteiger partial charge in [0.15, 0.2) is 0 Å². The number of hydrogen-bond donors (Lipinski definition) is 0. The molecule has 0 radical (unpaired) electrons. The summed E-state index contributed by atoms with van der Waals surface area (Å²) in [5.74, 6) is 4.89. The summed E-state index contributed by atoms with van der Waals surface area (Å²) in [5, 5.41) is 0. The van der Waals surface area contributed by atoms with Gasteiger partial charge in [0.1, 0.15) is 0 Å². The fourth-order valence-electron chi connectivity index (χ4n) is 2.75. The van der Waals surface area contributed by atoms with E-state index in [0.29, 0.717) is 19.8 Å². The predicted octanol–water partition coefficient (Wildman–Crippen LogP) is 3.28. The first-order valence-electron chi connectivity index (χ1n) is 7.36. The first-order valence-corrected chi connectivity index (χ1v) is 7.36. The number of ether oxygens (including phenoxy) is 3. The zero-order chi connectivity index (χ0) is 15.1. The molecule has 0 atom stereocenters. The zero-order valence-electron chi connectivity index (χ0n) is 13.2. The lowest BCUT2D eigenvalue weighted by Crippen LogP contribution is -2.62. The van der Waals surface area contributed by atoms with Gasteiger partial charge in [0.05, 0.1) is 19.8 Å². The van der Waals surface area contributed by atoms with Gasteiger partial charge in [0.2, 0.25) is 0 Å². The number of rotatable bonds is 1. The summed E-state index contributed by atoms with van der Waals surface area (Å²) in [5.41, 5.74) is 1.89. The maximum Gasteiger partial charge on any atom is 0.312 e. The molecule has 0 aliphatic carbocycles. The molecule has 3 heterocycles. The van der Waals surface area contributed by atoms with Gasteiger partial charge in [-0.3, -0.25) is 0 Å². The molecule has 0 amide bonds. The Hall–Kier alpha value is -1.34. The lowest BCUT2D eigenvalue weighted by Gasteiger charge is -2.56. The van der Waals surface area contributed by atoms with Crippen LogP contribution >= 0.6 is 0 Å². The Bertz CT molecular complexity index is 559. The Morgan fingerprint density at radius 3 is 1.90 bits per heavy atom. The quantitative estimate of drug-likeness (QED) is 0.742. The third-order valence-electron chi connectivity index (χ3n) is 4.71. The molecule has 3 aliphatic rings. The van der Waals surface area contributed by atoms with Gasteiger partial charge in [0.25, 0.3) is 0 Å². The SMILES string of the molecule is CC#Cc1ccc(C23OCC(C(C)(C)C)(CO2)CO3)cc1. The molecule has 0 aromatic heterocycles. The van der Waals surface area contributed by atoms with E-state index in [4.69, 9.17) is 14.2 Å². The summed E-state index contributed by atoms with van der Waals surface area (Å²) in [4.78, 5) is 0. The Kier molecular flexibility index (Phi) is 3.37. The molecule has 3 nitrogen and oxygen atoms in total. The van der Waals surface area contributed by atoms with Crippen molar-refractivity contribution in [2.24, 2.45) is 10.8 Å². The summed E-state index contributed by atoms with van der Waals surface area (Å²) in [6.45, 7) is 10.4. The highest BCUT2D eigenvalue weighted by Gasteiger charge is 2.57. The molecule has 3 fully saturated rings. The van der Waals surface area contributed by atoms with Crippen LogP contribution in [-0.4, -0.2) is 19.8 Å². The maximum absolute atomic E-state index is 6.00. The molecule has 3 heteroatoms. The second-order valence-corrected chi connectivity index (χ2v) is 6.90. The highest BCUT2D eigenvalue weighted by atomic mass is 16.9. The van der Waals surface area contributed by atoms with Crippen LogP contribution in [0.4, 0.5) is 0 Å². The van der Waals surface area contributed by atoms with E-state index >= 15 is 0 Å². The molecule has 0 spiro atoms. The Balaban J connectivity index is 1.84. The van der Waals surface area contributed by atoms with Crippen molar-refractivity contribution in [3.8, 4) is 11.8 Å². The maximum atomic E-state index is 6.00. The van der Waals surface area contributed by atoms with Crippen molar-refractivity contribution in [2.45, 2.75) is 33.7 Å². The van der Waals surface area contributed by atoms with E-state index in [0.717, 1.165) is 11.1 Å². The lowest BCUT2D eigenvalue weighted by molar-refractivity contribution is -0.489. The molecule has 112 valence electrons. The zero-order valence-corrected chi connectivity index (χ0v) is 13.2. The van der Waals surface area contributed by atoms with Gasteiger partial charge < -0.3 is 14.2 Å². The third kappa shape index (κ3) is 2.28. The second kappa shape index (κ2) is 4.84. The fourth-order valence-corrected chi connectivity index (χ4v) is 2.75. The largest absolute Gasteiger partial charge is 0.323 e. The minimum Gasteiger partial charge on any atom is -0.323 e. The van der Waals surface area contributed by atoms with Crippen molar-refractivity contribution < 1.29 is 14.2 Å². The molecule has 0 unspecified atom stereocenters. The van der Waals surface area contributed by atoms with Crippen LogP contribution in [0.1, 0.15) is 38.8 Å². The minimum absolute atomic E-state index is 0.0671. The van der Waals surface area contributed by atoms with Crippen molar-refractivity contribution in [3.05, 3.63) is 35.4 Å². The molecule has 3 aliphatic heterocycles. The van der Waals surface area contributed by atoms with Crippen molar-refractivity contribution in [3.63, 3.8) is 0 Å². The molecule has 21 heavy (non-hydrogen) atoms. The van der Waals surface area contributed by atoms with Crippen LogP contribution in [0.5, 0.6) is 0 Å². The molecule has 1 aromatic rings. The summed E-state index contributed by atoms with van der Waals surface area (Å²) in [6.07, 6.45) is 0. The first kappa shape index (κ1) is 14.6. The summed E-state index contributed by atoms with van der Waals surface area (Å²) in [7, 11) is 0. The van der Waals surface area contributed by atoms with Crippen LogP contribution in [0.15, 0.2) is 24.3 Å². The van der Waals surface area contributed by atoms with Gasteiger partial charge in [-0.2, -0.15) is 0 Å². The van der Waals surface area contributed by atoms with E-state index in [1.165, 1.54) is 0 Å². The molecule has 2 bridgehead atoms. The van der Waals surface area contributed by atoms with Gasteiger partial charge in [-0.25, -0.2) is 0 Å². The monoisotopic (exact) mass is 286 g/mol. The average molecular weight is 286 g/mol. The van der Waals surface area contributed by atoms with Crippen LogP contribution in [-0.2, 0) is 20.2 Å². The van der Waals surface area contributed by atoms with Gasteiger partial charge in [-0.1, -0.05) is 26.7 Å². The Labute approximate surface area is 126 Å². The first-order chi connectivity index (χ1) is 9.91. The summed E-state index contributed by atoms with van der Waals surface area (Å²) >= 11 is 0. The summed E-state index contributed by atoms with van der Waals surface area (Å²) < 4.78 is 18.0. The second-order valence-electron chi connectivity index (χ2n) is 6.90.